The molecule has 2 unspecified atom stereocenters. The predicted molar refractivity (Wildman–Crippen MR) is 145 cm³/mol. The highest BCUT2D eigenvalue weighted by atomic mass is 16.5. The summed E-state index contributed by atoms with van der Waals surface area (Å²) < 4.78 is 5.79. The number of aliphatic hydroxyl groups is 1. The van der Waals surface area contributed by atoms with Crippen molar-refractivity contribution < 1.29 is 19.4 Å². The Hall–Kier alpha value is -4.17. The Kier molecular flexibility index (Phi) is 6.12. The van der Waals surface area contributed by atoms with Crippen molar-refractivity contribution in [1.82, 2.24) is 9.88 Å². The molecule has 3 aromatic rings. The van der Waals surface area contributed by atoms with Gasteiger partial charge in [-0.2, -0.15) is 0 Å². The van der Waals surface area contributed by atoms with Crippen molar-refractivity contribution in [2.24, 2.45) is 0 Å². The fraction of sp³-hybridized carbons (Fsp3) is 0.300. The van der Waals surface area contributed by atoms with E-state index in [1.807, 2.05) is 43.3 Å². The van der Waals surface area contributed by atoms with Gasteiger partial charge in [0.1, 0.15) is 17.6 Å². The number of anilines is 2. The predicted octanol–water partition coefficient (Wildman–Crippen LogP) is 3.78. The smallest absolute Gasteiger partial charge is 0.300 e. The number of hydrogen-bond acceptors (Lipinski definition) is 7. The number of Topliss-reactive ketones (excluding diaryl/α,β-unsaturated/α-hetero) is 1. The Morgan fingerprint density at radius 2 is 1.63 bits per heavy atom. The van der Waals surface area contributed by atoms with Crippen LogP contribution in [-0.2, 0) is 16.0 Å². The van der Waals surface area contributed by atoms with Crippen molar-refractivity contribution in [3.05, 3.63) is 89.3 Å². The fourth-order valence-corrected chi connectivity index (χ4v) is 5.57. The van der Waals surface area contributed by atoms with E-state index in [4.69, 9.17) is 4.74 Å². The third-order valence-corrected chi connectivity index (χ3v) is 7.63. The summed E-state index contributed by atoms with van der Waals surface area (Å²) in [5.74, 6) is -0.791. The second kappa shape index (κ2) is 9.61. The summed E-state index contributed by atoms with van der Waals surface area (Å²) in [5.41, 5.74) is 3.90. The topological polar surface area (TPSA) is 86.2 Å². The lowest BCUT2D eigenvalue weighted by molar-refractivity contribution is -0.132. The van der Waals surface area contributed by atoms with Gasteiger partial charge in [-0.3, -0.25) is 19.5 Å². The van der Waals surface area contributed by atoms with Crippen LogP contribution in [0.1, 0.15) is 29.7 Å². The summed E-state index contributed by atoms with van der Waals surface area (Å²) in [5, 5.41) is 11.5. The van der Waals surface area contributed by atoms with Gasteiger partial charge in [-0.25, -0.2) is 0 Å². The van der Waals surface area contributed by atoms with Crippen molar-refractivity contribution in [2.45, 2.75) is 25.5 Å². The molecule has 0 saturated carbocycles. The molecule has 3 aliphatic heterocycles. The van der Waals surface area contributed by atoms with Crippen molar-refractivity contribution >= 4 is 28.8 Å². The number of ether oxygens (including phenoxy) is 1. The van der Waals surface area contributed by atoms with Gasteiger partial charge in [-0.05, 0) is 79.7 Å². The van der Waals surface area contributed by atoms with E-state index in [0.717, 1.165) is 49.6 Å². The summed E-state index contributed by atoms with van der Waals surface area (Å²) >= 11 is 0. The normalized spacial score (nSPS) is 23.0. The van der Waals surface area contributed by atoms with Crippen LogP contribution < -0.4 is 14.5 Å². The van der Waals surface area contributed by atoms with E-state index in [2.05, 4.69) is 21.8 Å². The molecule has 1 N–H and O–H groups in total. The SMILES string of the molecule is CC1Cc2cc(/C(O)=C3/C(=O)C(=O)N(c4ccc(N5CCN(C)CC5)cc4)C3c3ccncc3)ccc2O1. The number of benzene rings is 2. The molecule has 1 amide bonds. The Bertz CT molecular complexity index is 1410. The number of pyridine rings is 1. The molecule has 8 heteroatoms. The quantitative estimate of drug-likeness (QED) is 0.325. The first kappa shape index (κ1) is 24.2. The average Bonchev–Trinajstić information content (AvgIpc) is 3.44. The minimum Gasteiger partial charge on any atom is -0.507 e. The first-order chi connectivity index (χ1) is 18.4. The van der Waals surface area contributed by atoms with E-state index in [-0.39, 0.29) is 17.4 Å². The van der Waals surface area contributed by atoms with Crippen LogP contribution in [-0.4, -0.2) is 66.0 Å². The number of rotatable bonds is 4. The zero-order valence-electron chi connectivity index (χ0n) is 21.5. The van der Waals surface area contributed by atoms with E-state index in [0.29, 0.717) is 16.8 Å². The summed E-state index contributed by atoms with van der Waals surface area (Å²) in [6.45, 7) is 5.84. The Labute approximate surface area is 221 Å². The lowest BCUT2D eigenvalue weighted by Crippen LogP contribution is -2.44. The number of fused-ring (bicyclic) bond motifs is 1. The molecule has 2 aromatic carbocycles. The summed E-state index contributed by atoms with van der Waals surface area (Å²) in [6.07, 6.45) is 4.02. The first-order valence-electron chi connectivity index (χ1n) is 12.9. The second-order valence-electron chi connectivity index (χ2n) is 10.2. The number of likely N-dealkylation sites (N-methyl/N-ethyl adjacent to an activating group) is 1. The third-order valence-electron chi connectivity index (χ3n) is 7.63. The van der Waals surface area contributed by atoms with E-state index < -0.39 is 17.7 Å². The van der Waals surface area contributed by atoms with Gasteiger partial charge in [-0.15, -0.1) is 0 Å². The maximum absolute atomic E-state index is 13.5. The maximum atomic E-state index is 13.5. The lowest BCUT2D eigenvalue weighted by Gasteiger charge is -2.34. The summed E-state index contributed by atoms with van der Waals surface area (Å²) in [7, 11) is 2.12. The Morgan fingerprint density at radius 1 is 0.947 bits per heavy atom. The van der Waals surface area contributed by atoms with Crippen LogP contribution in [0.15, 0.2) is 72.6 Å². The molecule has 0 radical (unpaired) electrons. The monoisotopic (exact) mass is 510 g/mol. The number of amides is 1. The second-order valence-corrected chi connectivity index (χ2v) is 10.2. The van der Waals surface area contributed by atoms with Gasteiger partial charge in [0.25, 0.3) is 11.7 Å². The number of carbonyl (C=O) groups excluding carboxylic acids is 2. The number of ketones is 1. The van der Waals surface area contributed by atoms with Crippen LogP contribution in [0.2, 0.25) is 0 Å². The van der Waals surface area contributed by atoms with Crippen molar-refractivity contribution in [2.75, 3.05) is 43.0 Å². The number of carbonyl (C=O) groups is 2. The molecule has 0 bridgehead atoms. The standard InChI is InChI=1S/C30H30N4O4/c1-19-17-22-18-21(3-8-25(22)38-19)28(35)26-27(20-9-11-31-12-10-20)34(30(37)29(26)36)24-6-4-23(5-7-24)33-15-13-32(2)14-16-33/h3-12,18-19,27,35H,13-17H2,1-2H3/b28-26-. The highest BCUT2D eigenvalue weighted by Crippen LogP contribution is 2.43. The van der Waals surface area contributed by atoms with E-state index >= 15 is 0 Å². The van der Waals surface area contributed by atoms with Crippen LogP contribution in [0.4, 0.5) is 11.4 Å². The molecule has 2 fully saturated rings. The summed E-state index contributed by atoms with van der Waals surface area (Å²) in [4.78, 5) is 37.1. The maximum Gasteiger partial charge on any atom is 0.300 e. The van der Waals surface area contributed by atoms with Crippen LogP contribution in [0.3, 0.4) is 0 Å². The largest absolute Gasteiger partial charge is 0.507 e. The van der Waals surface area contributed by atoms with Gasteiger partial charge in [0.2, 0.25) is 0 Å². The number of nitrogens with zero attached hydrogens (tertiary/aromatic N) is 4. The van der Waals surface area contributed by atoms with Crippen LogP contribution in [0, 0.1) is 0 Å². The van der Waals surface area contributed by atoms with Crippen LogP contribution >= 0.6 is 0 Å². The molecule has 4 heterocycles. The minimum absolute atomic E-state index is 0.0543. The zero-order valence-corrected chi connectivity index (χ0v) is 21.5. The van der Waals surface area contributed by atoms with Gasteiger partial charge >= 0.3 is 0 Å². The number of hydrogen-bond donors (Lipinski definition) is 1. The van der Waals surface area contributed by atoms with Crippen LogP contribution in [0.5, 0.6) is 5.75 Å². The van der Waals surface area contributed by atoms with Crippen molar-refractivity contribution in [3.8, 4) is 5.75 Å². The first-order valence-corrected chi connectivity index (χ1v) is 12.9. The molecule has 38 heavy (non-hydrogen) atoms. The number of aliphatic hydroxyl groups excluding tert-OH is 1. The Morgan fingerprint density at radius 3 is 2.34 bits per heavy atom. The van der Waals surface area contributed by atoms with Gasteiger partial charge < -0.3 is 19.6 Å². The van der Waals surface area contributed by atoms with Crippen LogP contribution in [0.25, 0.3) is 5.76 Å². The van der Waals surface area contributed by atoms with Gasteiger partial charge in [-0.1, -0.05) is 0 Å². The fourth-order valence-electron chi connectivity index (χ4n) is 5.57. The Balaban J connectivity index is 1.40. The number of piperazine rings is 1. The highest BCUT2D eigenvalue weighted by molar-refractivity contribution is 6.51. The molecule has 1 aromatic heterocycles. The van der Waals surface area contributed by atoms with E-state index in [1.165, 1.54) is 4.90 Å². The molecule has 2 atom stereocenters. The molecule has 0 aliphatic carbocycles. The number of aromatic nitrogens is 1. The molecule has 194 valence electrons. The molecule has 2 saturated heterocycles. The summed E-state index contributed by atoms with van der Waals surface area (Å²) in [6, 6.07) is 15.9. The van der Waals surface area contributed by atoms with E-state index in [1.54, 1.807) is 30.6 Å². The zero-order chi connectivity index (χ0) is 26.4. The minimum atomic E-state index is -0.782. The average molecular weight is 511 g/mol. The third kappa shape index (κ3) is 4.20. The molecular formula is C30H30N4O4. The van der Waals surface area contributed by atoms with Gasteiger partial charge in [0.15, 0.2) is 0 Å². The van der Waals surface area contributed by atoms with Gasteiger partial charge in [0.05, 0.1) is 11.6 Å². The van der Waals surface area contributed by atoms with Gasteiger partial charge in [0, 0.05) is 61.9 Å². The van der Waals surface area contributed by atoms with Crippen molar-refractivity contribution in [3.63, 3.8) is 0 Å². The molecule has 3 aliphatic rings. The molecule has 0 spiro atoms. The molecular weight excluding hydrogens is 480 g/mol. The van der Waals surface area contributed by atoms with Crippen molar-refractivity contribution in [1.29, 1.82) is 0 Å². The van der Waals surface area contributed by atoms with E-state index in [9.17, 15) is 14.7 Å². The lowest BCUT2D eigenvalue weighted by atomic mass is 9.95. The molecule has 8 nitrogen and oxygen atoms in total. The highest BCUT2D eigenvalue weighted by Gasteiger charge is 2.47. The molecule has 6 rings (SSSR count).